The standard InChI is InChI=1S/C17H17N3O3/c1-11(8-9-18)14(17(22)23-2)20-16(21)13-7-3-5-12-6-4-10-19-15(12)13/h3-7,10-11,14H,8H2,1-2H3,(H,20,21)/t11-,14+/m1/s1. The van der Waals surface area contributed by atoms with Crippen LogP contribution in [0.2, 0.25) is 0 Å². The fourth-order valence-electron chi connectivity index (χ4n) is 2.33. The van der Waals surface area contributed by atoms with Crippen LogP contribution >= 0.6 is 0 Å². The average molecular weight is 311 g/mol. The number of ether oxygens (including phenoxy) is 1. The summed E-state index contributed by atoms with van der Waals surface area (Å²) in [5.74, 6) is -1.36. The number of carbonyl (C=O) groups excluding carboxylic acids is 2. The van der Waals surface area contributed by atoms with E-state index in [4.69, 9.17) is 10.00 Å². The largest absolute Gasteiger partial charge is 0.467 e. The highest BCUT2D eigenvalue weighted by atomic mass is 16.5. The van der Waals surface area contributed by atoms with Crippen LogP contribution in [0.15, 0.2) is 36.5 Å². The second kappa shape index (κ2) is 7.36. The van der Waals surface area contributed by atoms with Crippen LogP contribution in [0.5, 0.6) is 0 Å². The summed E-state index contributed by atoms with van der Waals surface area (Å²) in [6, 6.07) is 10.0. The zero-order valence-corrected chi connectivity index (χ0v) is 12.9. The Labute approximate surface area is 134 Å². The van der Waals surface area contributed by atoms with Gasteiger partial charge in [0.25, 0.3) is 5.91 Å². The molecule has 6 heteroatoms. The number of hydrogen-bond donors (Lipinski definition) is 1. The molecule has 6 nitrogen and oxygen atoms in total. The maximum Gasteiger partial charge on any atom is 0.328 e. The number of carbonyl (C=O) groups is 2. The predicted octanol–water partition coefficient (Wildman–Crippen LogP) is 2.06. The lowest BCUT2D eigenvalue weighted by molar-refractivity contribution is -0.144. The summed E-state index contributed by atoms with van der Waals surface area (Å²) in [4.78, 5) is 28.7. The molecule has 0 aliphatic rings. The molecule has 0 aliphatic heterocycles. The number of pyridine rings is 1. The topological polar surface area (TPSA) is 92.1 Å². The van der Waals surface area contributed by atoms with Crippen molar-refractivity contribution in [3.8, 4) is 6.07 Å². The molecule has 0 fully saturated rings. The van der Waals surface area contributed by atoms with E-state index in [1.165, 1.54) is 7.11 Å². The summed E-state index contributed by atoms with van der Waals surface area (Å²) in [6.07, 6.45) is 1.74. The number of para-hydroxylation sites is 1. The fourth-order valence-corrected chi connectivity index (χ4v) is 2.33. The molecule has 1 N–H and O–H groups in total. The van der Waals surface area contributed by atoms with E-state index in [9.17, 15) is 9.59 Å². The zero-order valence-electron chi connectivity index (χ0n) is 12.9. The Morgan fingerprint density at radius 2 is 2.09 bits per heavy atom. The van der Waals surface area contributed by atoms with Gasteiger partial charge in [0.05, 0.1) is 24.3 Å². The van der Waals surface area contributed by atoms with Gasteiger partial charge in [-0.05, 0) is 12.1 Å². The van der Waals surface area contributed by atoms with Gasteiger partial charge in [-0.3, -0.25) is 9.78 Å². The molecule has 1 heterocycles. The van der Waals surface area contributed by atoms with Crippen molar-refractivity contribution < 1.29 is 14.3 Å². The Balaban J connectivity index is 2.31. The molecule has 23 heavy (non-hydrogen) atoms. The molecule has 0 radical (unpaired) electrons. The number of nitrogens with one attached hydrogen (secondary N) is 1. The van der Waals surface area contributed by atoms with Crippen molar-refractivity contribution >= 4 is 22.8 Å². The van der Waals surface area contributed by atoms with Gasteiger partial charge in [-0.1, -0.05) is 25.1 Å². The monoisotopic (exact) mass is 311 g/mol. The van der Waals surface area contributed by atoms with Gasteiger partial charge in [0.1, 0.15) is 6.04 Å². The first kappa shape index (κ1) is 16.4. The minimum absolute atomic E-state index is 0.133. The number of benzene rings is 1. The van der Waals surface area contributed by atoms with Crippen molar-refractivity contribution in [3.63, 3.8) is 0 Å². The van der Waals surface area contributed by atoms with Crippen LogP contribution in [0.3, 0.4) is 0 Å². The van der Waals surface area contributed by atoms with E-state index in [-0.39, 0.29) is 12.3 Å². The molecule has 1 aromatic heterocycles. The smallest absolute Gasteiger partial charge is 0.328 e. The second-order valence-electron chi connectivity index (χ2n) is 5.19. The number of hydrogen-bond acceptors (Lipinski definition) is 5. The van der Waals surface area contributed by atoms with Crippen LogP contribution in [0.1, 0.15) is 23.7 Å². The summed E-state index contributed by atoms with van der Waals surface area (Å²) in [5.41, 5.74) is 0.935. The third-order valence-corrected chi connectivity index (χ3v) is 3.60. The molecule has 0 aliphatic carbocycles. The number of esters is 1. The SMILES string of the molecule is COC(=O)[C@@H](NC(=O)c1cccc2cccnc12)[C@H](C)CC#N. The highest BCUT2D eigenvalue weighted by molar-refractivity contribution is 6.06. The van der Waals surface area contributed by atoms with Crippen LogP contribution in [-0.4, -0.2) is 30.0 Å². The third kappa shape index (κ3) is 3.64. The van der Waals surface area contributed by atoms with Crippen molar-refractivity contribution in [1.82, 2.24) is 10.3 Å². The molecule has 0 saturated carbocycles. The molecule has 2 atom stereocenters. The van der Waals surface area contributed by atoms with Gasteiger partial charge >= 0.3 is 5.97 Å². The summed E-state index contributed by atoms with van der Waals surface area (Å²) >= 11 is 0. The Morgan fingerprint density at radius 1 is 1.35 bits per heavy atom. The Kier molecular flexibility index (Phi) is 5.26. The van der Waals surface area contributed by atoms with E-state index in [0.717, 1.165) is 5.39 Å². The minimum atomic E-state index is -0.883. The van der Waals surface area contributed by atoms with Crippen LogP contribution in [0.4, 0.5) is 0 Å². The normalized spacial score (nSPS) is 12.9. The fraction of sp³-hybridized carbons (Fsp3) is 0.294. The zero-order chi connectivity index (χ0) is 16.8. The molecule has 1 aromatic carbocycles. The van der Waals surface area contributed by atoms with E-state index in [0.29, 0.717) is 11.1 Å². The van der Waals surface area contributed by atoms with Gasteiger partial charge in [-0.15, -0.1) is 0 Å². The van der Waals surface area contributed by atoms with Crippen LogP contribution in [0.25, 0.3) is 10.9 Å². The lowest BCUT2D eigenvalue weighted by Gasteiger charge is -2.21. The molecule has 2 rings (SSSR count). The number of rotatable bonds is 5. The van der Waals surface area contributed by atoms with Crippen molar-refractivity contribution in [2.45, 2.75) is 19.4 Å². The maximum atomic E-state index is 12.6. The van der Waals surface area contributed by atoms with E-state index in [1.807, 2.05) is 18.2 Å². The number of aromatic nitrogens is 1. The lowest BCUT2D eigenvalue weighted by atomic mass is 9.98. The highest BCUT2D eigenvalue weighted by Gasteiger charge is 2.28. The predicted molar refractivity (Wildman–Crippen MR) is 84.4 cm³/mol. The van der Waals surface area contributed by atoms with Crippen molar-refractivity contribution in [1.29, 1.82) is 5.26 Å². The average Bonchev–Trinajstić information content (AvgIpc) is 2.58. The molecule has 0 saturated heterocycles. The van der Waals surface area contributed by atoms with Gasteiger partial charge < -0.3 is 10.1 Å². The molecule has 0 unspecified atom stereocenters. The molecule has 0 spiro atoms. The van der Waals surface area contributed by atoms with Gasteiger partial charge in [-0.25, -0.2) is 4.79 Å². The molecule has 1 amide bonds. The van der Waals surface area contributed by atoms with E-state index >= 15 is 0 Å². The number of amides is 1. The first-order valence-corrected chi connectivity index (χ1v) is 7.18. The molecule has 118 valence electrons. The molecule has 2 aromatic rings. The Hall–Kier alpha value is -2.94. The summed E-state index contributed by atoms with van der Waals surface area (Å²) in [5, 5.41) is 12.3. The van der Waals surface area contributed by atoms with Gasteiger partial charge in [0.2, 0.25) is 0 Å². The van der Waals surface area contributed by atoms with E-state index in [1.54, 1.807) is 31.3 Å². The quantitative estimate of drug-likeness (QED) is 0.853. The Morgan fingerprint density at radius 3 is 2.78 bits per heavy atom. The third-order valence-electron chi connectivity index (χ3n) is 3.60. The van der Waals surface area contributed by atoms with Gasteiger partial charge in [0, 0.05) is 23.9 Å². The molecular weight excluding hydrogens is 294 g/mol. The number of nitriles is 1. The molecular formula is C17H17N3O3. The van der Waals surface area contributed by atoms with Crippen molar-refractivity contribution in [2.24, 2.45) is 5.92 Å². The number of methoxy groups -OCH3 is 1. The van der Waals surface area contributed by atoms with Gasteiger partial charge in [-0.2, -0.15) is 5.26 Å². The molecule has 0 bridgehead atoms. The number of fused-ring (bicyclic) bond motifs is 1. The summed E-state index contributed by atoms with van der Waals surface area (Å²) in [7, 11) is 1.25. The maximum absolute atomic E-state index is 12.6. The minimum Gasteiger partial charge on any atom is -0.467 e. The first-order valence-electron chi connectivity index (χ1n) is 7.18. The number of nitrogens with zero attached hydrogens (tertiary/aromatic N) is 2. The van der Waals surface area contributed by atoms with Crippen molar-refractivity contribution in [2.75, 3.05) is 7.11 Å². The Bertz CT molecular complexity index is 762. The highest BCUT2D eigenvalue weighted by Crippen LogP contribution is 2.17. The first-order chi connectivity index (χ1) is 11.1. The van der Waals surface area contributed by atoms with E-state index in [2.05, 4.69) is 10.3 Å². The summed E-state index contributed by atoms with van der Waals surface area (Å²) < 4.78 is 4.73. The van der Waals surface area contributed by atoms with Gasteiger partial charge in [0.15, 0.2) is 0 Å². The van der Waals surface area contributed by atoms with Crippen molar-refractivity contribution in [3.05, 3.63) is 42.1 Å². The van der Waals surface area contributed by atoms with E-state index < -0.39 is 17.9 Å². The lowest BCUT2D eigenvalue weighted by Crippen LogP contribution is -2.45. The van der Waals surface area contributed by atoms with Crippen LogP contribution < -0.4 is 5.32 Å². The summed E-state index contributed by atoms with van der Waals surface area (Å²) in [6.45, 7) is 1.71. The van der Waals surface area contributed by atoms with Crippen LogP contribution in [-0.2, 0) is 9.53 Å². The van der Waals surface area contributed by atoms with Crippen LogP contribution in [0, 0.1) is 17.2 Å². The second-order valence-corrected chi connectivity index (χ2v) is 5.19.